The Morgan fingerprint density at radius 3 is 2.88 bits per heavy atom. The average molecular weight is 236 g/mol. The number of benzene rings is 1. The molecule has 0 amide bonds. The number of aryl methyl sites for hydroxylation is 1. The monoisotopic (exact) mass is 236 g/mol. The lowest BCUT2D eigenvalue weighted by Crippen LogP contribution is -2.16. The first-order chi connectivity index (χ1) is 8.33. The summed E-state index contributed by atoms with van der Waals surface area (Å²) in [6, 6.07) is 6.09. The molecule has 1 aromatic carbocycles. The molecule has 1 atom stereocenters. The second kappa shape index (κ2) is 5.92. The van der Waals surface area contributed by atoms with Crippen molar-refractivity contribution in [3.05, 3.63) is 23.8 Å². The molecule has 0 bridgehead atoms. The third-order valence-corrected chi connectivity index (χ3v) is 3.09. The quantitative estimate of drug-likeness (QED) is 0.786. The second-order valence-corrected chi connectivity index (χ2v) is 4.28. The van der Waals surface area contributed by atoms with Crippen molar-refractivity contribution >= 4 is 0 Å². The molecule has 1 fully saturated rings. The van der Waals surface area contributed by atoms with Crippen LogP contribution in [-0.4, -0.2) is 26.4 Å². The fourth-order valence-electron chi connectivity index (χ4n) is 2.01. The number of hydrogen-bond donors (Lipinski definition) is 0. The molecule has 0 radical (unpaired) electrons. The van der Waals surface area contributed by atoms with Crippen molar-refractivity contribution in [3.63, 3.8) is 0 Å². The fraction of sp³-hybridized carbons (Fsp3) is 0.571. The zero-order valence-corrected chi connectivity index (χ0v) is 10.6. The molecule has 3 nitrogen and oxygen atoms in total. The number of methoxy groups -OCH3 is 1. The molecule has 3 heteroatoms. The van der Waals surface area contributed by atoms with Gasteiger partial charge in [0.05, 0.1) is 13.2 Å². The van der Waals surface area contributed by atoms with Crippen LogP contribution in [-0.2, 0) is 11.2 Å². The highest BCUT2D eigenvalue weighted by atomic mass is 16.5. The van der Waals surface area contributed by atoms with Gasteiger partial charge in [0.15, 0.2) is 11.5 Å². The summed E-state index contributed by atoms with van der Waals surface area (Å²) in [6.45, 7) is 3.60. The smallest absolute Gasteiger partial charge is 0.161 e. The largest absolute Gasteiger partial charge is 0.493 e. The van der Waals surface area contributed by atoms with E-state index in [1.165, 1.54) is 5.56 Å². The van der Waals surface area contributed by atoms with Gasteiger partial charge in [-0.05, 0) is 37.0 Å². The summed E-state index contributed by atoms with van der Waals surface area (Å²) in [5.41, 5.74) is 1.26. The van der Waals surface area contributed by atoms with Gasteiger partial charge in [0, 0.05) is 6.61 Å². The molecule has 1 unspecified atom stereocenters. The van der Waals surface area contributed by atoms with E-state index in [9.17, 15) is 0 Å². The lowest BCUT2D eigenvalue weighted by Gasteiger charge is -2.14. The summed E-state index contributed by atoms with van der Waals surface area (Å²) >= 11 is 0. The highest BCUT2D eigenvalue weighted by Crippen LogP contribution is 2.29. The molecule has 1 heterocycles. The Kier molecular flexibility index (Phi) is 4.26. The van der Waals surface area contributed by atoms with Crippen LogP contribution in [0.15, 0.2) is 18.2 Å². The van der Waals surface area contributed by atoms with E-state index in [1.54, 1.807) is 7.11 Å². The summed E-state index contributed by atoms with van der Waals surface area (Å²) in [6.07, 6.45) is 3.48. The van der Waals surface area contributed by atoms with Gasteiger partial charge in [0.1, 0.15) is 6.61 Å². The highest BCUT2D eigenvalue weighted by molar-refractivity contribution is 5.42. The minimum atomic E-state index is 0.241. The van der Waals surface area contributed by atoms with Crippen LogP contribution in [0.2, 0.25) is 0 Å². The van der Waals surface area contributed by atoms with Gasteiger partial charge in [-0.15, -0.1) is 0 Å². The van der Waals surface area contributed by atoms with Crippen LogP contribution < -0.4 is 9.47 Å². The molecule has 2 rings (SSSR count). The molecule has 0 aromatic heterocycles. The maximum Gasteiger partial charge on any atom is 0.161 e. The molecular formula is C14H20O3. The standard InChI is InChI=1S/C14H20O3/c1-3-11-6-7-13(14(9-11)15-2)17-10-12-5-4-8-16-12/h6-7,9,12H,3-5,8,10H2,1-2H3. The van der Waals surface area contributed by atoms with Crippen molar-refractivity contribution in [2.45, 2.75) is 32.3 Å². The Morgan fingerprint density at radius 1 is 1.35 bits per heavy atom. The van der Waals surface area contributed by atoms with E-state index < -0.39 is 0 Å². The van der Waals surface area contributed by atoms with Gasteiger partial charge in [0.2, 0.25) is 0 Å². The Bertz CT molecular complexity index is 356. The van der Waals surface area contributed by atoms with Crippen molar-refractivity contribution in [2.24, 2.45) is 0 Å². The SMILES string of the molecule is CCc1ccc(OCC2CCCO2)c(OC)c1. The van der Waals surface area contributed by atoms with E-state index in [4.69, 9.17) is 14.2 Å². The van der Waals surface area contributed by atoms with Crippen LogP contribution in [0.4, 0.5) is 0 Å². The molecule has 17 heavy (non-hydrogen) atoms. The predicted octanol–water partition coefficient (Wildman–Crippen LogP) is 2.82. The van der Waals surface area contributed by atoms with Crippen molar-refractivity contribution in [1.82, 2.24) is 0 Å². The lowest BCUT2D eigenvalue weighted by molar-refractivity contribution is 0.0669. The summed E-state index contributed by atoms with van der Waals surface area (Å²) in [7, 11) is 1.67. The normalized spacial score (nSPS) is 19.3. The third-order valence-electron chi connectivity index (χ3n) is 3.09. The first kappa shape index (κ1) is 12.2. The number of ether oxygens (including phenoxy) is 3. The second-order valence-electron chi connectivity index (χ2n) is 4.28. The van der Waals surface area contributed by atoms with Gasteiger partial charge in [-0.1, -0.05) is 13.0 Å². The zero-order valence-electron chi connectivity index (χ0n) is 10.6. The average Bonchev–Trinajstić information content (AvgIpc) is 2.89. The molecule has 0 spiro atoms. The zero-order chi connectivity index (χ0) is 12.1. The molecular weight excluding hydrogens is 216 g/mol. The van der Waals surface area contributed by atoms with Gasteiger partial charge in [-0.2, -0.15) is 0 Å². The molecule has 0 saturated carbocycles. The number of rotatable bonds is 5. The van der Waals surface area contributed by atoms with Crippen LogP contribution in [0.1, 0.15) is 25.3 Å². The van der Waals surface area contributed by atoms with Gasteiger partial charge in [-0.25, -0.2) is 0 Å². The third kappa shape index (κ3) is 3.13. The van der Waals surface area contributed by atoms with Gasteiger partial charge in [0.25, 0.3) is 0 Å². The predicted molar refractivity (Wildman–Crippen MR) is 66.8 cm³/mol. The molecule has 1 saturated heterocycles. The summed E-state index contributed by atoms with van der Waals surface area (Å²) in [4.78, 5) is 0. The molecule has 1 aliphatic rings. The Labute approximate surface area is 103 Å². The molecule has 1 aromatic rings. The maximum absolute atomic E-state index is 5.76. The molecule has 0 aliphatic carbocycles. The maximum atomic E-state index is 5.76. The van der Waals surface area contributed by atoms with Gasteiger partial charge >= 0.3 is 0 Å². The van der Waals surface area contributed by atoms with Gasteiger partial charge < -0.3 is 14.2 Å². The topological polar surface area (TPSA) is 27.7 Å². The fourth-order valence-corrected chi connectivity index (χ4v) is 2.01. The van der Waals surface area contributed by atoms with Crippen molar-refractivity contribution < 1.29 is 14.2 Å². The Hall–Kier alpha value is -1.22. The van der Waals surface area contributed by atoms with Crippen LogP contribution in [0.5, 0.6) is 11.5 Å². The van der Waals surface area contributed by atoms with Crippen LogP contribution in [0, 0.1) is 0 Å². The van der Waals surface area contributed by atoms with E-state index in [0.29, 0.717) is 6.61 Å². The van der Waals surface area contributed by atoms with E-state index >= 15 is 0 Å². The van der Waals surface area contributed by atoms with Crippen molar-refractivity contribution in [2.75, 3.05) is 20.3 Å². The van der Waals surface area contributed by atoms with E-state index in [-0.39, 0.29) is 6.10 Å². The van der Waals surface area contributed by atoms with E-state index in [0.717, 1.165) is 37.4 Å². The van der Waals surface area contributed by atoms with Crippen LogP contribution in [0.25, 0.3) is 0 Å². The first-order valence-corrected chi connectivity index (χ1v) is 6.24. The highest BCUT2D eigenvalue weighted by Gasteiger charge is 2.17. The molecule has 94 valence electrons. The van der Waals surface area contributed by atoms with Crippen molar-refractivity contribution in [3.8, 4) is 11.5 Å². The minimum Gasteiger partial charge on any atom is -0.493 e. The Balaban J connectivity index is 1.98. The van der Waals surface area contributed by atoms with E-state index in [2.05, 4.69) is 13.0 Å². The lowest BCUT2D eigenvalue weighted by atomic mass is 10.1. The van der Waals surface area contributed by atoms with Crippen molar-refractivity contribution in [1.29, 1.82) is 0 Å². The van der Waals surface area contributed by atoms with Gasteiger partial charge in [-0.3, -0.25) is 0 Å². The van der Waals surface area contributed by atoms with Crippen LogP contribution in [0.3, 0.4) is 0 Å². The molecule has 0 N–H and O–H groups in total. The van der Waals surface area contributed by atoms with Crippen LogP contribution >= 0.6 is 0 Å². The summed E-state index contributed by atoms with van der Waals surface area (Å²) in [5, 5.41) is 0. The summed E-state index contributed by atoms with van der Waals surface area (Å²) < 4.78 is 16.6. The van der Waals surface area contributed by atoms with E-state index in [1.807, 2.05) is 12.1 Å². The minimum absolute atomic E-state index is 0.241. The number of hydrogen-bond acceptors (Lipinski definition) is 3. The summed E-state index contributed by atoms with van der Waals surface area (Å²) in [5.74, 6) is 1.61. The molecule has 1 aliphatic heterocycles. The Morgan fingerprint density at radius 2 is 2.24 bits per heavy atom. The first-order valence-electron chi connectivity index (χ1n) is 6.24.